The van der Waals surface area contributed by atoms with Crippen molar-refractivity contribution in [3.8, 4) is 0 Å². The van der Waals surface area contributed by atoms with Gasteiger partial charge in [0.2, 0.25) is 0 Å². The van der Waals surface area contributed by atoms with E-state index in [2.05, 4.69) is 0 Å². The topological polar surface area (TPSA) is 0 Å². The van der Waals surface area contributed by atoms with Crippen LogP contribution < -0.4 is 0 Å². The zero-order valence-electron chi connectivity index (χ0n) is 3.71. The van der Waals surface area contributed by atoms with Gasteiger partial charge in [0.1, 0.15) is 0 Å². The Kier molecular flexibility index (Phi) is 12.1. The van der Waals surface area contributed by atoms with Gasteiger partial charge in [-0.1, -0.05) is 6.92 Å². The van der Waals surface area contributed by atoms with E-state index < -0.39 is 0 Å². The molecule has 0 rings (SSSR count). The molecule has 0 nitrogen and oxygen atoms in total. The Morgan fingerprint density at radius 3 is 2.50 bits per heavy atom. The molecule has 0 aromatic carbocycles. The van der Waals surface area contributed by atoms with Crippen molar-refractivity contribution in [2.24, 2.45) is 0 Å². The third-order valence-corrected chi connectivity index (χ3v) is 0. The molecule has 0 amide bonds. The van der Waals surface area contributed by atoms with Crippen molar-refractivity contribution in [1.82, 2.24) is 0 Å². The molecule has 0 aliphatic heterocycles. The van der Waals surface area contributed by atoms with Crippen LogP contribution in [0, 0.1) is 31.1 Å². The second-order valence-corrected chi connectivity index (χ2v) is 1.06. The minimum Gasteiger partial charge on any atom is -0.138 e. The van der Waals surface area contributed by atoms with Gasteiger partial charge in [-0.2, -0.15) is 0 Å². The maximum Gasteiger partial charge on any atom is 0.0546 e. The summed E-state index contributed by atoms with van der Waals surface area (Å²) in [6.45, 7) is 2.01. The number of hydrogen-bond acceptors (Lipinski definition) is 0. The van der Waals surface area contributed by atoms with Crippen LogP contribution in [-0.4, -0.2) is 7.44 Å². The van der Waals surface area contributed by atoms with Gasteiger partial charge in [0.25, 0.3) is 0 Å². The molecule has 0 bridgehead atoms. The van der Waals surface area contributed by atoms with Crippen molar-refractivity contribution in [2.45, 2.75) is 6.92 Å². The first-order valence-electron chi connectivity index (χ1n) is 1.56. The molecule has 0 saturated carbocycles. The molecular weight excluding hydrogens is 293 g/mol. The van der Waals surface area contributed by atoms with Crippen molar-refractivity contribution in [1.29, 1.82) is 1.28 Å². The van der Waals surface area contributed by atoms with E-state index in [1.807, 2.05) is 6.92 Å². The van der Waals surface area contributed by atoms with Gasteiger partial charge in [0.05, 0.1) is 1.28 Å². The monoisotopic (exact) mass is 301 g/mol. The molecule has 0 fully saturated rings. The van der Waals surface area contributed by atoms with Crippen LogP contribution in [0.5, 0.6) is 0 Å². The summed E-state index contributed by atoms with van der Waals surface area (Å²) >= 11 is 0. The summed E-state index contributed by atoms with van der Waals surface area (Å²) in [6.07, 6.45) is 1.01. The molecule has 0 aliphatic rings. The Balaban J connectivity index is 0. The average Bonchev–Trinajstić information content (AvgIpc) is 1.37. The Bertz CT molecular complexity index is 11.6. The third-order valence-electron chi connectivity index (χ3n) is 0. The molecule has 2 heteroatoms. The van der Waals surface area contributed by atoms with Gasteiger partial charge in [-0.15, -0.1) is 9.18 Å². The largest absolute Gasteiger partial charge is 0.138 e. The van der Waals surface area contributed by atoms with Crippen LogP contribution in [0.25, 0.3) is 0 Å². The van der Waals surface area contributed by atoms with E-state index >= 15 is 0 Å². The maximum atomic E-state index is 6.48. The molecule has 4 heavy (non-hydrogen) atoms. The molecule has 0 aromatic rings. The van der Waals surface area contributed by atoms with E-state index in [0.717, 1.165) is 6.16 Å². The zero-order valence-corrected chi connectivity index (χ0v) is 7.87. The van der Waals surface area contributed by atoms with Gasteiger partial charge in [0, 0.05) is 31.1 Å². The van der Waals surface area contributed by atoms with E-state index in [1.165, 1.54) is 0 Å². The van der Waals surface area contributed by atoms with Crippen molar-refractivity contribution >= 4 is 9.18 Å². The van der Waals surface area contributed by atoms with Gasteiger partial charge in [-0.05, 0) is 6.16 Å². The van der Waals surface area contributed by atoms with Crippen molar-refractivity contribution in [3.05, 3.63) is 0 Å². The summed E-state index contributed by atoms with van der Waals surface area (Å²) < 4.78 is 6.48. The molecule has 0 aromatic heterocycles. The predicted molar refractivity (Wildman–Crippen MR) is 20.3 cm³/mol. The minimum atomic E-state index is 0. The normalized spacial score (nSPS) is 10.8. The van der Waals surface area contributed by atoms with Crippen LogP contribution in [0.15, 0.2) is 0 Å². The molecule has 0 aliphatic carbocycles. The standard InChI is InChI=1S/C2H7P.U/c1-2-3;/h2-3H2,1H3;/i3D;. The molecule has 0 N–H and O–H groups in total. The van der Waals surface area contributed by atoms with Crippen LogP contribution >= 0.6 is 9.18 Å². The second kappa shape index (κ2) is 8.82. The molecule has 1 atom stereocenters. The first-order chi connectivity index (χ1) is 1.91. The van der Waals surface area contributed by atoms with Crippen molar-refractivity contribution in [2.75, 3.05) is 6.16 Å². The molecule has 0 spiro atoms. The van der Waals surface area contributed by atoms with Gasteiger partial charge in [-0.25, -0.2) is 0 Å². The summed E-state index contributed by atoms with van der Waals surface area (Å²) in [4.78, 5) is 0. The van der Waals surface area contributed by atoms with Crippen LogP contribution in [0.4, 0.5) is 0 Å². The summed E-state index contributed by atoms with van der Waals surface area (Å²) in [5, 5.41) is 0. The molecule has 24 valence electrons. The van der Waals surface area contributed by atoms with Crippen molar-refractivity contribution in [3.63, 3.8) is 0 Å². The SMILES string of the molecule is [2H]PCC.[U]. The van der Waals surface area contributed by atoms with E-state index in [9.17, 15) is 0 Å². The third kappa shape index (κ3) is 9.77. The molecule has 0 heterocycles. The fraction of sp³-hybridized carbons (Fsp3) is 1.00. The van der Waals surface area contributed by atoms with Crippen LogP contribution in [0.2, 0.25) is 0 Å². The van der Waals surface area contributed by atoms with Gasteiger partial charge < -0.3 is 0 Å². The fourth-order valence-corrected chi connectivity index (χ4v) is 0. The summed E-state index contributed by atoms with van der Waals surface area (Å²) in [6, 6.07) is 0. The van der Waals surface area contributed by atoms with E-state index in [1.54, 1.807) is 0 Å². The molecular formula is C2H7PU. The summed E-state index contributed by atoms with van der Waals surface area (Å²) in [5.41, 5.74) is 0. The molecule has 0 radical (unpaired) electrons. The van der Waals surface area contributed by atoms with E-state index in [4.69, 9.17) is 1.28 Å². The Morgan fingerprint density at radius 1 is 2.25 bits per heavy atom. The van der Waals surface area contributed by atoms with Gasteiger partial charge in [-0.3, -0.25) is 0 Å². The van der Waals surface area contributed by atoms with Gasteiger partial charge in [0.15, 0.2) is 0 Å². The average molecular weight is 301 g/mol. The fourth-order valence-electron chi connectivity index (χ4n) is 0. The number of rotatable bonds is 1. The van der Waals surface area contributed by atoms with Crippen molar-refractivity contribution < 1.29 is 31.1 Å². The van der Waals surface area contributed by atoms with E-state index in [-0.39, 0.29) is 31.1 Å². The summed E-state index contributed by atoms with van der Waals surface area (Å²) in [7, 11) is 0.390. The Hall–Kier alpha value is 1.48. The van der Waals surface area contributed by atoms with Gasteiger partial charge >= 0.3 is 0 Å². The van der Waals surface area contributed by atoms with Crippen LogP contribution in [0.3, 0.4) is 0 Å². The minimum absolute atomic E-state index is 0. The van der Waals surface area contributed by atoms with E-state index in [0.29, 0.717) is 9.18 Å². The number of hydrogen-bond donors (Lipinski definition) is 0. The smallest absolute Gasteiger partial charge is 0.0546 e. The first-order valence-corrected chi connectivity index (χ1v) is 1.77. The predicted octanol–water partition coefficient (Wildman–Crippen LogP) is 0.881. The zero-order chi connectivity index (χ0) is 3.41. The first kappa shape index (κ1) is 5.48. The quantitative estimate of drug-likeness (QED) is 0.631. The molecule has 0 saturated heterocycles. The molecule has 1 unspecified atom stereocenters. The Morgan fingerprint density at radius 2 is 2.50 bits per heavy atom. The second-order valence-electron chi connectivity index (χ2n) is 0.354. The summed E-state index contributed by atoms with van der Waals surface area (Å²) in [5.74, 6) is 0. The van der Waals surface area contributed by atoms with Crippen LogP contribution in [0.1, 0.15) is 6.92 Å². The maximum absolute atomic E-state index is 6.48. The van der Waals surface area contributed by atoms with Crippen LogP contribution in [-0.2, 0) is 0 Å². The Labute approximate surface area is 54.6 Å².